The van der Waals surface area contributed by atoms with Gasteiger partial charge in [0, 0.05) is 18.0 Å². The highest BCUT2D eigenvalue weighted by Gasteiger charge is 2.39. The summed E-state index contributed by atoms with van der Waals surface area (Å²) >= 11 is 0. The number of carbonyl (C=O) groups is 1. The van der Waals surface area contributed by atoms with Crippen LogP contribution in [0.5, 0.6) is 5.75 Å². The molecule has 1 amide bonds. The van der Waals surface area contributed by atoms with Crippen LogP contribution in [0, 0.1) is 5.41 Å². The van der Waals surface area contributed by atoms with Crippen LogP contribution in [0.4, 0.5) is 0 Å². The van der Waals surface area contributed by atoms with Gasteiger partial charge in [-0.2, -0.15) is 0 Å². The lowest BCUT2D eigenvalue weighted by Gasteiger charge is -2.46. The lowest BCUT2D eigenvalue weighted by Crippen LogP contribution is -2.51. The molecule has 1 aromatic carbocycles. The predicted molar refractivity (Wildman–Crippen MR) is 80.8 cm³/mol. The summed E-state index contributed by atoms with van der Waals surface area (Å²) in [5.74, 6) is 0.855. The minimum atomic E-state index is -0.0565. The van der Waals surface area contributed by atoms with Crippen molar-refractivity contribution in [3.63, 3.8) is 0 Å². The van der Waals surface area contributed by atoms with Crippen LogP contribution in [0.2, 0.25) is 0 Å². The Balaban J connectivity index is 2.22. The van der Waals surface area contributed by atoms with Crippen LogP contribution in [0.1, 0.15) is 25.8 Å². The van der Waals surface area contributed by atoms with E-state index in [0.29, 0.717) is 0 Å². The van der Waals surface area contributed by atoms with Gasteiger partial charge in [-0.15, -0.1) is 0 Å². The zero-order valence-corrected chi connectivity index (χ0v) is 12.6. The quantitative estimate of drug-likeness (QED) is 0.623. The maximum absolute atomic E-state index is 11.3. The Hall–Kier alpha value is -1.77. The molecule has 1 heterocycles. The summed E-state index contributed by atoms with van der Waals surface area (Å²) in [5.41, 5.74) is 2.39. The molecule has 108 valence electrons. The summed E-state index contributed by atoms with van der Waals surface area (Å²) in [7, 11) is 1.66. The van der Waals surface area contributed by atoms with Gasteiger partial charge in [-0.1, -0.05) is 38.1 Å². The number of carbonyl (C=O) groups excluding carboxylic acids is 1. The van der Waals surface area contributed by atoms with Crippen LogP contribution >= 0.6 is 0 Å². The summed E-state index contributed by atoms with van der Waals surface area (Å²) in [4.78, 5) is 13.2. The molecule has 0 radical (unpaired) electrons. The first kappa shape index (κ1) is 14.6. The fraction of sp³-hybridized carbons (Fsp3) is 0.471. The van der Waals surface area contributed by atoms with E-state index in [9.17, 15) is 4.79 Å². The molecule has 2 rings (SSSR count). The highest BCUT2D eigenvalue weighted by molar-refractivity contribution is 5.50. The summed E-state index contributed by atoms with van der Waals surface area (Å²) in [6, 6.07) is 8.22. The Kier molecular flexibility index (Phi) is 4.17. The van der Waals surface area contributed by atoms with Gasteiger partial charge in [0.25, 0.3) is 0 Å². The normalized spacial score (nSPS) is 21.6. The van der Waals surface area contributed by atoms with Gasteiger partial charge in [-0.3, -0.25) is 4.79 Å². The molecule has 1 saturated heterocycles. The van der Waals surface area contributed by atoms with Gasteiger partial charge in [0.2, 0.25) is 6.41 Å². The maximum atomic E-state index is 11.3. The van der Waals surface area contributed by atoms with Gasteiger partial charge < -0.3 is 9.64 Å². The van der Waals surface area contributed by atoms with Gasteiger partial charge in [-0.05, 0) is 30.5 Å². The summed E-state index contributed by atoms with van der Waals surface area (Å²) in [6.07, 6.45) is 2.71. The molecule has 0 spiro atoms. The average molecular weight is 273 g/mol. The van der Waals surface area contributed by atoms with E-state index in [1.807, 2.05) is 17.0 Å². The molecule has 3 nitrogen and oxygen atoms in total. The second-order valence-electron chi connectivity index (χ2n) is 5.99. The summed E-state index contributed by atoms with van der Waals surface area (Å²) in [5, 5.41) is 0. The number of amides is 1. The van der Waals surface area contributed by atoms with E-state index >= 15 is 0 Å². The number of hydrogen-bond acceptors (Lipinski definition) is 2. The highest BCUT2D eigenvalue weighted by atomic mass is 16.5. The average Bonchev–Trinajstić information content (AvgIpc) is 2.45. The van der Waals surface area contributed by atoms with Crippen molar-refractivity contribution in [2.75, 3.05) is 13.7 Å². The highest BCUT2D eigenvalue weighted by Crippen LogP contribution is 2.39. The zero-order valence-electron chi connectivity index (χ0n) is 12.6. The Bertz CT molecular complexity index is 490. The smallest absolute Gasteiger partial charge is 0.210 e. The number of nitrogens with zero attached hydrogens (tertiary/aromatic N) is 1. The minimum absolute atomic E-state index is 0.0565. The molecular weight excluding hydrogens is 250 g/mol. The van der Waals surface area contributed by atoms with Gasteiger partial charge >= 0.3 is 0 Å². The molecule has 1 atom stereocenters. The molecule has 1 aliphatic heterocycles. The van der Waals surface area contributed by atoms with E-state index in [1.54, 1.807) is 7.11 Å². The Labute approximate surface area is 121 Å². The van der Waals surface area contributed by atoms with Crippen molar-refractivity contribution in [3.8, 4) is 5.75 Å². The van der Waals surface area contributed by atoms with E-state index in [2.05, 4.69) is 32.6 Å². The topological polar surface area (TPSA) is 29.5 Å². The fourth-order valence-electron chi connectivity index (χ4n) is 2.88. The van der Waals surface area contributed by atoms with E-state index in [-0.39, 0.29) is 11.5 Å². The molecule has 0 N–H and O–H groups in total. The number of methoxy groups -OCH3 is 1. The first-order chi connectivity index (χ1) is 9.48. The summed E-state index contributed by atoms with van der Waals surface area (Å²) in [6.45, 7) is 9.32. The van der Waals surface area contributed by atoms with Crippen molar-refractivity contribution in [2.24, 2.45) is 5.41 Å². The molecule has 1 aliphatic rings. The van der Waals surface area contributed by atoms with Gasteiger partial charge in [0.15, 0.2) is 0 Å². The standard InChI is InChI=1S/C17H23NO2/c1-13-9-10-18(12-19)16(17(13,2)3)11-14-5-7-15(20-4)8-6-14/h5-8,12,16H,1,9-11H2,2-4H3. The molecule has 3 heteroatoms. The first-order valence-electron chi connectivity index (χ1n) is 7.01. The largest absolute Gasteiger partial charge is 0.497 e. The SMILES string of the molecule is C=C1CCN(C=O)C(Cc2ccc(OC)cc2)C1(C)C. The molecule has 0 saturated carbocycles. The molecule has 20 heavy (non-hydrogen) atoms. The lowest BCUT2D eigenvalue weighted by molar-refractivity contribution is -0.123. The van der Waals surface area contributed by atoms with E-state index in [4.69, 9.17) is 4.74 Å². The van der Waals surface area contributed by atoms with Crippen molar-refractivity contribution < 1.29 is 9.53 Å². The van der Waals surface area contributed by atoms with Crippen molar-refractivity contribution in [2.45, 2.75) is 32.7 Å². The Morgan fingerprint density at radius 2 is 2.05 bits per heavy atom. The number of rotatable bonds is 4. The van der Waals surface area contributed by atoms with Crippen LogP contribution < -0.4 is 4.74 Å². The van der Waals surface area contributed by atoms with Gasteiger partial charge in [0.05, 0.1) is 7.11 Å². The Morgan fingerprint density at radius 1 is 1.40 bits per heavy atom. The number of benzene rings is 1. The number of likely N-dealkylation sites (tertiary alicyclic amines) is 1. The van der Waals surface area contributed by atoms with Crippen LogP contribution in [0.15, 0.2) is 36.4 Å². The van der Waals surface area contributed by atoms with Gasteiger partial charge in [-0.25, -0.2) is 0 Å². The van der Waals surface area contributed by atoms with E-state index in [0.717, 1.165) is 31.5 Å². The molecule has 1 aromatic rings. The molecule has 1 unspecified atom stereocenters. The van der Waals surface area contributed by atoms with Crippen LogP contribution in [0.3, 0.4) is 0 Å². The van der Waals surface area contributed by atoms with E-state index < -0.39 is 0 Å². The fourth-order valence-corrected chi connectivity index (χ4v) is 2.88. The lowest BCUT2D eigenvalue weighted by atomic mass is 9.71. The number of ether oxygens (including phenoxy) is 1. The van der Waals surface area contributed by atoms with Crippen molar-refractivity contribution in [1.82, 2.24) is 4.90 Å². The minimum Gasteiger partial charge on any atom is -0.497 e. The monoisotopic (exact) mass is 273 g/mol. The summed E-state index contributed by atoms with van der Waals surface area (Å²) < 4.78 is 5.18. The van der Waals surface area contributed by atoms with Crippen molar-refractivity contribution in [3.05, 3.63) is 42.0 Å². The first-order valence-corrected chi connectivity index (χ1v) is 7.01. The van der Waals surface area contributed by atoms with Crippen LogP contribution in [0.25, 0.3) is 0 Å². The zero-order chi connectivity index (χ0) is 14.8. The third-order valence-corrected chi connectivity index (χ3v) is 4.54. The molecule has 1 fully saturated rings. The predicted octanol–water partition coefficient (Wildman–Crippen LogP) is 3.05. The van der Waals surface area contributed by atoms with Gasteiger partial charge in [0.1, 0.15) is 5.75 Å². The molecule has 0 aromatic heterocycles. The third-order valence-electron chi connectivity index (χ3n) is 4.54. The Morgan fingerprint density at radius 3 is 2.60 bits per heavy atom. The molecule has 0 aliphatic carbocycles. The van der Waals surface area contributed by atoms with Crippen LogP contribution in [-0.2, 0) is 11.2 Å². The second kappa shape index (κ2) is 5.70. The number of hydrogen-bond donors (Lipinski definition) is 0. The van der Waals surface area contributed by atoms with Crippen LogP contribution in [-0.4, -0.2) is 31.0 Å². The molecular formula is C17H23NO2. The second-order valence-corrected chi connectivity index (χ2v) is 5.99. The molecule has 0 bridgehead atoms. The maximum Gasteiger partial charge on any atom is 0.210 e. The number of piperidine rings is 1. The van der Waals surface area contributed by atoms with E-state index in [1.165, 1.54) is 11.1 Å². The third kappa shape index (κ3) is 2.72. The van der Waals surface area contributed by atoms with Crippen molar-refractivity contribution >= 4 is 6.41 Å². The van der Waals surface area contributed by atoms with Crippen molar-refractivity contribution in [1.29, 1.82) is 0 Å².